The van der Waals surface area contributed by atoms with Crippen molar-refractivity contribution in [2.75, 3.05) is 12.4 Å². The molecule has 0 saturated carbocycles. The molecular formula is C12H12ClN3O3. The molecule has 0 aromatic carbocycles. The predicted molar refractivity (Wildman–Crippen MR) is 69.6 cm³/mol. The Morgan fingerprint density at radius 2 is 2.32 bits per heavy atom. The zero-order valence-electron chi connectivity index (χ0n) is 10.4. The maximum atomic E-state index is 12.0. The minimum absolute atomic E-state index is 0.0811. The Labute approximate surface area is 114 Å². The molecule has 1 N–H and O–H groups in total. The first-order chi connectivity index (χ1) is 9.13. The molecule has 0 radical (unpaired) electrons. The number of furan rings is 1. The van der Waals surface area contributed by atoms with Crippen LogP contribution < -0.4 is 10.1 Å². The molecule has 2 heterocycles. The summed E-state index contributed by atoms with van der Waals surface area (Å²) in [4.78, 5) is 19.9. The average molecular weight is 282 g/mol. The number of anilines is 1. The van der Waals surface area contributed by atoms with Gasteiger partial charge in [-0.05, 0) is 6.07 Å². The van der Waals surface area contributed by atoms with Gasteiger partial charge in [0.25, 0.3) is 5.91 Å². The molecule has 0 atom stereocenters. The number of methoxy groups -OCH3 is 1. The first kappa shape index (κ1) is 13.4. The summed E-state index contributed by atoms with van der Waals surface area (Å²) in [6.07, 6.45) is 2.09. The van der Waals surface area contributed by atoms with Crippen LogP contribution in [0.2, 0.25) is 5.15 Å². The van der Waals surface area contributed by atoms with Crippen molar-refractivity contribution < 1.29 is 13.9 Å². The van der Waals surface area contributed by atoms with Crippen LogP contribution in [-0.2, 0) is 6.42 Å². The van der Waals surface area contributed by atoms with Gasteiger partial charge >= 0.3 is 0 Å². The van der Waals surface area contributed by atoms with Crippen molar-refractivity contribution in [1.29, 1.82) is 0 Å². The van der Waals surface area contributed by atoms with Crippen LogP contribution in [0.1, 0.15) is 23.0 Å². The minimum atomic E-state index is -0.352. The molecule has 7 heteroatoms. The molecule has 19 heavy (non-hydrogen) atoms. The van der Waals surface area contributed by atoms with Crippen LogP contribution in [-0.4, -0.2) is 23.0 Å². The van der Waals surface area contributed by atoms with E-state index in [1.165, 1.54) is 19.4 Å². The van der Waals surface area contributed by atoms with Gasteiger partial charge in [-0.25, -0.2) is 4.98 Å². The lowest BCUT2D eigenvalue weighted by Gasteiger charge is -2.05. The minimum Gasteiger partial charge on any atom is -0.481 e. The van der Waals surface area contributed by atoms with Crippen LogP contribution >= 0.6 is 11.6 Å². The van der Waals surface area contributed by atoms with Crippen molar-refractivity contribution in [2.24, 2.45) is 0 Å². The lowest BCUT2D eigenvalue weighted by Crippen LogP contribution is -2.15. The normalized spacial score (nSPS) is 10.3. The van der Waals surface area contributed by atoms with Crippen LogP contribution in [0, 0.1) is 0 Å². The first-order valence-corrected chi connectivity index (χ1v) is 5.98. The Bertz CT molecular complexity index is 598. The summed E-state index contributed by atoms with van der Waals surface area (Å²) in [6.45, 7) is 1.90. The van der Waals surface area contributed by atoms with E-state index in [1.807, 2.05) is 6.92 Å². The third kappa shape index (κ3) is 3.03. The number of ether oxygens (including phenoxy) is 1. The average Bonchev–Trinajstić information content (AvgIpc) is 2.86. The van der Waals surface area contributed by atoms with Gasteiger partial charge in [0.1, 0.15) is 10.9 Å². The van der Waals surface area contributed by atoms with E-state index in [2.05, 4.69) is 15.3 Å². The van der Waals surface area contributed by atoms with Crippen LogP contribution in [0.4, 0.5) is 5.95 Å². The van der Waals surface area contributed by atoms with E-state index in [4.69, 9.17) is 20.8 Å². The summed E-state index contributed by atoms with van der Waals surface area (Å²) >= 11 is 5.79. The van der Waals surface area contributed by atoms with Gasteiger partial charge in [0, 0.05) is 12.5 Å². The highest BCUT2D eigenvalue weighted by Gasteiger charge is 2.15. The largest absolute Gasteiger partial charge is 0.481 e. The van der Waals surface area contributed by atoms with Gasteiger partial charge in [0.05, 0.1) is 18.9 Å². The second-order valence-corrected chi connectivity index (χ2v) is 4.01. The maximum absolute atomic E-state index is 12.0. The van der Waals surface area contributed by atoms with E-state index in [1.54, 1.807) is 6.07 Å². The number of aromatic nitrogens is 2. The Morgan fingerprint density at radius 3 is 3.00 bits per heavy atom. The van der Waals surface area contributed by atoms with E-state index in [-0.39, 0.29) is 22.9 Å². The Kier molecular flexibility index (Phi) is 4.01. The number of nitrogens with zero attached hydrogens (tertiary/aromatic N) is 2. The highest BCUT2D eigenvalue weighted by molar-refractivity contribution is 6.29. The second-order valence-electron chi connectivity index (χ2n) is 3.62. The van der Waals surface area contributed by atoms with Crippen molar-refractivity contribution in [3.63, 3.8) is 0 Å². The molecule has 2 aromatic rings. The molecule has 100 valence electrons. The fourth-order valence-corrected chi connectivity index (χ4v) is 1.72. The molecule has 0 aliphatic heterocycles. The number of halogens is 1. The molecule has 2 aromatic heterocycles. The molecule has 0 saturated heterocycles. The van der Waals surface area contributed by atoms with E-state index in [0.29, 0.717) is 17.7 Å². The van der Waals surface area contributed by atoms with Crippen LogP contribution in [0.3, 0.4) is 0 Å². The summed E-state index contributed by atoms with van der Waals surface area (Å²) in [7, 11) is 1.45. The number of hydrogen-bond donors (Lipinski definition) is 1. The molecule has 0 unspecified atom stereocenters. The van der Waals surface area contributed by atoms with Crippen molar-refractivity contribution >= 4 is 23.5 Å². The number of nitrogens with one attached hydrogen (secondary N) is 1. The highest BCUT2D eigenvalue weighted by Crippen LogP contribution is 2.17. The highest BCUT2D eigenvalue weighted by atomic mass is 35.5. The summed E-state index contributed by atoms with van der Waals surface area (Å²) < 4.78 is 10.1. The summed E-state index contributed by atoms with van der Waals surface area (Å²) in [5, 5.41) is 2.73. The molecule has 0 fully saturated rings. The smallest absolute Gasteiger partial charge is 0.261 e. The summed E-state index contributed by atoms with van der Waals surface area (Å²) in [5.74, 6) is 0.609. The van der Waals surface area contributed by atoms with E-state index in [9.17, 15) is 4.79 Å². The third-order valence-corrected chi connectivity index (χ3v) is 2.61. The topological polar surface area (TPSA) is 77.2 Å². The Hall–Kier alpha value is -2.08. The van der Waals surface area contributed by atoms with E-state index >= 15 is 0 Å². The van der Waals surface area contributed by atoms with Gasteiger partial charge in [-0.1, -0.05) is 18.5 Å². The first-order valence-electron chi connectivity index (χ1n) is 5.60. The zero-order chi connectivity index (χ0) is 13.8. The molecule has 0 bridgehead atoms. The van der Waals surface area contributed by atoms with Crippen LogP contribution in [0.5, 0.6) is 5.88 Å². The molecule has 1 amide bonds. The van der Waals surface area contributed by atoms with E-state index < -0.39 is 0 Å². The standard InChI is InChI=1S/C12H12ClN3O3/c1-3-8-7(4-5-19-8)11(17)16-12-14-9(13)6-10(15-12)18-2/h4-6H,3H2,1-2H3,(H,14,15,16,17). The van der Waals surface area contributed by atoms with Crippen molar-refractivity contribution in [2.45, 2.75) is 13.3 Å². The molecule has 0 aliphatic carbocycles. The lowest BCUT2D eigenvalue weighted by atomic mass is 10.2. The second kappa shape index (κ2) is 5.71. The third-order valence-electron chi connectivity index (χ3n) is 2.42. The fraction of sp³-hybridized carbons (Fsp3) is 0.250. The van der Waals surface area contributed by atoms with Crippen molar-refractivity contribution in [3.8, 4) is 5.88 Å². The fourth-order valence-electron chi connectivity index (χ4n) is 1.54. The van der Waals surface area contributed by atoms with Gasteiger partial charge < -0.3 is 9.15 Å². The number of amides is 1. The monoisotopic (exact) mass is 281 g/mol. The van der Waals surface area contributed by atoms with Crippen molar-refractivity contribution in [3.05, 3.63) is 34.9 Å². The molecule has 0 aliphatic rings. The number of carbonyl (C=O) groups excluding carboxylic acids is 1. The van der Waals surface area contributed by atoms with Crippen molar-refractivity contribution in [1.82, 2.24) is 9.97 Å². The van der Waals surface area contributed by atoms with Gasteiger partial charge in [0.2, 0.25) is 11.8 Å². The predicted octanol–water partition coefficient (Wildman–Crippen LogP) is 2.55. The lowest BCUT2D eigenvalue weighted by molar-refractivity contribution is 0.102. The zero-order valence-corrected chi connectivity index (χ0v) is 11.2. The molecule has 2 rings (SSSR count). The quantitative estimate of drug-likeness (QED) is 0.872. The maximum Gasteiger partial charge on any atom is 0.261 e. The summed E-state index contributed by atoms with van der Waals surface area (Å²) in [5.41, 5.74) is 0.449. The molecular weight excluding hydrogens is 270 g/mol. The SMILES string of the molecule is CCc1occc1C(=O)Nc1nc(Cl)cc(OC)n1. The van der Waals surface area contributed by atoms with Gasteiger partial charge in [0.15, 0.2) is 0 Å². The number of hydrogen-bond acceptors (Lipinski definition) is 5. The van der Waals surface area contributed by atoms with Crippen LogP contribution in [0.15, 0.2) is 22.8 Å². The number of carbonyl (C=O) groups is 1. The summed E-state index contributed by atoms with van der Waals surface area (Å²) in [6, 6.07) is 3.04. The molecule has 6 nitrogen and oxygen atoms in total. The van der Waals surface area contributed by atoms with Gasteiger partial charge in [-0.15, -0.1) is 0 Å². The van der Waals surface area contributed by atoms with Gasteiger partial charge in [-0.2, -0.15) is 4.98 Å². The Balaban J connectivity index is 2.21. The number of rotatable bonds is 4. The van der Waals surface area contributed by atoms with Gasteiger partial charge in [-0.3, -0.25) is 10.1 Å². The number of aryl methyl sites for hydroxylation is 1. The Morgan fingerprint density at radius 1 is 1.53 bits per heavy atom. The van der Waals surface area contributed by atoms with E-state index in [0.717, 1.165) is 0 Å². The van der Waals surface area contributed by atoms with Crippen LogP contribution in [0.25, 0.3) is 0 Å². The molecule has 0 spiro atoms.